The Hall–Kier alpha value is -3.19. The first kappa shape index (κ1) is 20.5. The molecule has 29 heavy (non-hydrogen) atoms. The Bertz CT molecular complexity index is 1040. The number of aliphatic imine (C=N–C) groups is 1. The fraction of sp³-hybridized carbons (Fsp3) is 0.182. The van der Waals surface area contributed by atoms with E-state index in [2.05, 4.69) is 4.99 Å². The van der Waals surface area contributed by atoms with Gasteiger partial charge in [0, 0.05) is 5.56 Å². The zero-order chi connectivity index (χ0) is 21.0. The van der Waals surface area contributed by atoms with Gasteiger partial charge in [-0.05, 0) is 37.6 Å². The molecule has 2 aromatic rings. The molecule has 0 unspecified atom stereocenters. The van der Waals surface area contributed by atoms with Crippen molar-refractivity contribution in [1.82, 2.24) is 0 Å². The van der Waals surface area contributed by atoms with E-state index in [1.54, 1.807) is 56.3 Å². The fourth-order valence-electron chi connectivity index (χ4n) is 2.76. The van der Waals surface area contributed by atoms with Crippen LogP contribution in [0.5, 0.6) is 11.5 Å². The molecule has 0 saturated heterocycles. The van der Waals surface area contributed by atoms with Crippen molar-refractivity contribution in [3.8, 4) is 11.5 Å². The summed E-state index contributed by atoms with van der Waals surface area (Å²) >= 11 is 1.12. The molecule has 2 N–H and O–H groups in total. The van der Waals surface area contributed by atoms with Gasteiger partial charge in [-0.1, -0.05) is 42.1 Å². The number of aliphatic hydroxyl groups excluding tert-OH is 1. The van der Waals surface area contributed by atoms with Crippen LogP contribution in [0.4, 0.5) is 5.69 Å². The molecule has 0 fully saturated rings. The van der Waals surface area contributed by atoms with Crippen LogP contribution in [0.3, 0.4) is 0 Å². The standard InChI is InChI=1S/C22H21NO5S/c1-4-28-22(26)18-20(25)17(12-14-9-7-8-13(2)19(14)24)29-21(18)23-15-10-5-6-11-16(15)27-3/h5-12,24-25H,4H2,1-3H3/b17-12+,23-21?. The number of para-hydroxylation sites is 3. The third kappa shape index (κ3) is 4.30. The minimum absolute atomic E-state index is 0.0128. The van der Waals surface area contributed by atoms with Crippen LogP contribution in [0.2, 0.25) is 0 Å². The van der Waals surface area contributed by atoms with E-state index in [-0.39, 0.29) is 23.7 Å². The molecule has 1 aliphatic heterocycles. The largest absolute Gasteiger partial charge is 0.507 e. The van der Waals surface area contributed by atoms with Gasteiger partial charge in [-0.3, -0.25) is 0 Å². The third-order valence-electron chi connectivity index (χ3n) is 4.23. The Morgan fingerprint density at radius 2 is 1.93 bits per heavy atom. The molecule has 1 heterocycles. The summed E-state index contributed by atoms with van der Waals surface area (Å²) in [6, 6.07) is 12.4. The molecule has 0 aliphatic carbocycles. The first-order chi connectivity index (χ1) is 14.0. The number of aliphatic hydroxyl groups is 1. The Labute approximate surface area is 173 Å². The molecule has 150 valence electrons. The number of hydrogen-bond acceptors (Lipinski definition) is 7. The van der Waals surface area contributed by atoms with Crippen molar-refractivity contribution in [2.24, 2.45) is 4.99 Å². The number of methoxy groups -OCH3 is 1. The molecule has 1 aliphatic rings. The van der Waals surface area contributed by atoms with Crippen molar-refractivity contribution < 1.29 is 24.5 Å². The van der Waals surface area contributed by atoms with Gasteiger partial charge in [0.15, 0.2) is 0 Å². The van der Waals surface area contributed by atoms with E-state index >= 15 is 0 Å². The van der Waals surface area contributed by atoms with Crippen LogP contribution in [0.25, 0.3) is 6.08 Å². The molecular weight excluding hydrogens is 390 g/mol. The summed E-state index contributed by atoms with van der Waals surface area (Å²) in [4.78, 5) is 17.4. The van der Waals surface area contributed by atoms with Gasteiger partial charge in [0.05, 0.1) is 18.6 Å². The number of phenolic OH excluding ortho intramolecular Hbond substituents is 1. The molecule has 7 heteroatoms. The molecule has 0 bridgehead atoms. The maximum atomic E-state index is 12.5. The number of aromatic hydroxyl groups is 1. The number of carbonyl (C=O) groups excluding carboxylic acids is 1. The second-order valence-electron chi connectivity index (χ2n) is 6.16. The molecule has 0 spiro atoms. The van der Waals surface area contributed by atoms with Gasteiger partial charge in [-0.25, -0.2) is 9.79 Å². The van der Waals surface area contributed by atoms with E-state index in [9.17, 15) is 15.0 Å². The lowest BCUT2D eigenvalue weighted by Crippen LogP contribution is -2.12. The molecule has 0 aromatic heterocycles. The monoisotopic (exact) mass is 411 g/mol. The number of phenols is 1. The number of esters is 1. The van der Waals surface area contributed by atoms with Crippen molar-refractivity contribution >= 4 is 34.5 Å². The number of ether oxygens (including phenoxy) is 2. The summed E-state index contributed by atoms with van der Waals surface area (Å²) in [6.45, 7) is 3.64. The highest BCUT2D eigenvalue weighted by Gasteiger charge is 2.33. The van der Waals surface area contributed by atoms with Gasteiger partial charge in [0.1, 0.15) is 33.6 Å². The topological polar surface area (TPSA) is 88.4 Å². The van der Waals surface area contributed by atoms with E-state index < -0.39 is 5.97 Å². The number of nitrogens with zero attached hydrogens (tertiary/aromatic N) is 1. The highest BCUT2D eigenvalue weighted by Crippen LogP contribution is 2.42. The normalized spacial score (nSPS) is 16.5. The van der Waals surface area contributed by atoms with Crippen LogP contribution < -0.4 is 4.74 Å². The zero-order valence-corrected chi connectivity index (χ0v) is 17.1. The van der Waals surface area contributed by atoms with Crippen LogP contribution in [0, 0.1) is 6.92 Å². The quantitative estimate of drug-likeness (QED) is 0.680. The van der Waals surface area contributed by atoms with Gasteiger partial charge in [0.25, 0.3) is 0 Å². The average molecular weight is 411 g/mol. The van der Waals surface area contributed by atoms with Crippen molar-refractivity contribution in [2.75, 3.05) is 13.7 Å². The maximum Gasteiger partial charge on any atom is 0.344 e. The Kier molecular flexibility index (Phi) is 6.29. The van der Waals surface area contributed by atoms with Crippen molar-refractivity contribution in [1.29, 1.82) is 0 Å². The second kappa shape index (κ2) is 8.87. The first-order valence-corrected chi connectivity index (χ1v) is 9.78. The number of carbonyl (C=O) groups is 1. The maximum absolute atomic E-state index is 12.5. The van der Waals surface area contributed by atoms with Crippen molar-refractivity contribution in [3.05, 3.63) is 69.8 Å². The predicted octanol–water partition coefficient (Wildman–Crippen LogP) is 4.90. The molecule has 0 radical (unpaired) electrons. The lowest BCUT2D eigenvalue weighted by molar-refractivity contribution is -0.138. The molecule has 0 amide bonds. The molecule has 2 aromatic carbocycles. The molecule has 0 saturated carbocycles. The number of hydrogen-bond donors (Lipinski definition) is 2. The highest BCUT2D eigenvalue weighted by molar-refractivity contribution is 8.18. The van der Waals surface area contributed by atoms with Crippen LogP contribution in [-0.4, -0.2) is 34.9 Å². The minimum atomic E-state index is -0.664. The smallest absolute Gasteiger partial charge is 0.344 e. The minimum Gasteiger partial charge on any atom is -0.507 e. The van der Waals surface area contributed by atoms with E-state index in [0.717, 1.165) is 11.8 Å². The highest BCUT2D eigenvalue weighted by atomic mass is 32.2. The fourth-order valence-corrected chi connectivity index (χ4v) is 3.78. The summed E-state index contributed by atoms with van der Waals surface area (Å²) in [5.74, 6) is -0.246. The van der Waals surface area contributed by atoms with E-state index in [1.165, 1.54) is 7.11 Å². The summed E-state index contributed by atoms with van der Waals surface area (Å²) in [7, 11) is 1.53. The lowest BCUT2D eigenvalue weighted by Gasteiger charge is -2.06. The first-order valence-electron chi connectivity index (χ1n) is 8.97. The van der Waals surface area contributed by atoms with Gasteiger partial charge < -0.3 is 19.7 Å². The van der Waals surface area contributed by atoms with E-state index in [1.807, 2.05) is 6.07 Å². The Morgan fingerprint density at radius 3 is 2.66 bits per heavy atom. The Morgan fingerprint density at radius 1 is 1.17 bits per heavy atom. The summed E-state index contributed by atoms with van der Waals surface area (Å²) in [5, 5.41) is 21.3. The van der Waals surface area contributed by atoms with Gasteiger partial charge in [0.2, 0.25) is 0 Å². The second-order valence-corrected chi connectivity index (χ2v) is 7.19. The van der Waals surface area contributed by atoms with Crippen LogP contribution in [0.1, 0.15) is 18.1 Å². The summed E-state index contributed by atoms with van der Waals surface area (Å²) in [6.07, 6.45) is 1.62. The van der Waals surface area contributed by atoms with Gasteiger partial charge >= 0.3 is 5.97 Å². The zero-order valence-electron chi connectivity index (χ0n) is 16.3. The molecule has 0 atom stereocenters. The van der Waals surface area contributed by atoms with Crippen LogP contribution in [0.15, 0.2) is 63.7 Å². The molecular formula is C22H21NO5S. The van der Waals surface area contributed by atoms with Crippen LogP contribution in [-0.2, 0) is 9.53 Å². The SMILES string of the molecule is CCOC(=O)C1=C(O)/C(=C\c2cccc(C)c2O)SC1=Nc1ccccc1OC. The van der Waals surface area contributed by atoms with Crippen molar-refractivity contribution in [3.63, 3.8) is 0 Å². The molecule has 3 rings (SSSR count). The summed E-state index contributed by atoms with van der Waals surface area (Å²) in [5.41, 5.74) is 1.74. The molecule has 6 nitrogen and oxygen atoms in total. The van der Waals surface area contributed by atoms with Crippen molar-refractivity contribution in [2.45, 2.75) is 13.8 Å². The predicted molar refractivity (Wildman–Crippen MR) is 115 cm³/mol. The third-order valence-corrected chi connectivity index (χ3v) is 5.25. The average Bonchev–Trinajstić information content (AvgIpc) is 3.01. The number of rotatable bonds is 5. The lowest BCUT2D eigenvalue weighted by atomic mass is 10.1. The van der Waals surface area contributed by atoms with Crippen LogP contribution >= 0.6 is 11.8 Å². The number of benzene rings is 2. The summed E-state index contributed by atoms with van der Waals surface area (Å²) < 4.78 is 10.4. The van der Waals surface area contributed by atoms with E-state index in [4.69, 9.17) is 9.47 Å². The van der Waals surface area contributed by atoms with E-state index in [0.29, 0.717) is 32.5 Å². The number of thioether (sulfide) groups is 1. The van der Waals surface area contributed by atoms with Gasteiger partial charge in [-0.15, -0.1) is 0 Å². The number of aryl methyl sites for hydroxylation is 1. The van der Waals surface area contributed by atoms with Gasteiger partial charge in [-0.2, -0.15) is 0 Å². The Balaban J connectivity index is 2.11.